The summed E-state index contributed by atoms with van der Waals surface area (Å²) in [6.07, 6.45) is 4.61. The summed E-state index contributed by atoms with van der Waals surface area (Å²) in [5.74, 6) is 0. The second-order valence-corrected chi connectivity index (χ2v) is 8.87. The zero-order valence-corrected chi connectivity index (χ0v) is 18.0. The summed E-state index contributed by atoms with van der Waals surface area (Å²) in [5, 5.41) is 3.34. The maximum absolute atomic E-state index is 4.73. The number of nitrogens with zero attached hydrogens (tertiary/aromatic N) is 3. The Hall–Kier alpha value is -2.43. The summed E-state index contributed by atoms with van der Waals surface area (Å²) in [4.78, 5) is 12.5. The summed E-state index contributed by atoms with van der Waals surface area (Å²) >= 11 is 1.61. The molecule has 0 atom stereocenters. The molecule has 4 heteroatoms. The van der Waals surface area contributed by atoms with Crippen LogP contribution in [-0.2, 0) is 6.54 Å². The van der Waals surface area contributed by atoms with Crippen molar-refractivity contribution < 1.29 is 0 Å². The average Bonchev–Trinajstić information content (AvgIpc) is 3.26. The minimum Gasteiger partial charge on any atom is -0.299 e. The number of pyridine rings is 1. The number of fused-ring (bicyclic) bond motifs is 1. The van der Waals surface area contributed by atoms with Gasteiger partial charge >= 0.3 is 0 Å². The number of aliphatic imine (C=N–C) groups is 1. The van der Waals surface area contributed by atoms with Gasteiger partial charge in [-0.05, 0) is 67.6 Å². The van der Waals surface area contributed by atoms with Crippen molar-refractivity contribution in [1.82, 2.24) is 9.88 Å². The number of hydrogen-bond donors (Lipinski definition) is 0. The van der Waals surface area contributed by atoms with Gasteiger partial charge in [-0.3, -0.25) is 14.9 Å². The van der Waals surface area contributed by atoms with Crippen molar-refractivity contribution in [3.8, 4) is 11.3 Å². The molecular weight excluding hydrogens is 374 g/mol. The van der Waals surface area contributed by atoms with Crippen LogP contribution in [0.3, 0.4) is 0 Å². The second kappa shape index (κ2) is 8.93. The lowest BCUT2D eigenvalue weighted by molar-refractivity contribution is 0.331. The van der Waals surface area contributed by atoms with Crippen LogP contribution in [0.25, 0.3) is 26.9 Å². The minimum absolute atomic E-state index is 1.01. The number of likely N-dealkylation sites (tertiary alicyclic amines) is 1. The fourth-order valence-corrected chi connectivity index (χ4v) is 4.48. The molecule has 0 saturated carbocycles. The normalized spacial score (nSPS) is 15.2. The maximum atomic E-state index is 4.73. The summed E-state index contributed by atoms with van der Waals surface area (Å²) in [5.41, 5.74) is 4.68. The molecule has 1 fully saturated rings. The predicted molar refractivity (Wildman–Crippen MR) is 127 cm³/mol. The third-order valence-corrected chi connectivity index (χ3v) is 6.42. The third-order valence-electron chi connectivity index (χ3n) is 5.46. The number of thioether (sulfide) groups is 1. The molecule has 1 saturated heterocycles. The monoisotopic (exact) mass is 401 g/mol. The molecule has 2 aromatic carbocycles. The highest BCUT2D eigenvalue weighted by Crippen LogP contribution is 2.30. The van der Waals surface area contributed by atoms with Gasteiger partial charge in [-0.15, -0.1) is 0 Å². The third kappa shape index (κ3) is 4.77. The van der Waals surface area contributed by atoms with E-state index in [9.17, 15) is 0 Å². The van der Waals surface area contributed by atoms with Crippen molar-refractivity contribution in [2.75, 3.05) is 20.1 Å². The van der Waals surface area contributed by atoms with E-state index in [2.05, 4.69) is 65.0 Å². The fraction of sp³-hybridized carbons (Fsp3) is 0.280. The quantitative estimate of drug-likeness (QED) is 0.374. The van der Waals surface area contributed by atoms with Gasteiger partial charge in [-0.1, -0.05) is 48.7 Å². The van der Waals surface area contributed by atoms with Gasteiger partial charge in [0.25, 0.3) is 0 Å². The minimum atomic E-state index is 1.01. The Labute approximate surface area is 177 Å². The van der Waals surface area contributed by atoms with Crippen LogP contribution in [0.4, 0.5) is 0 Å². The smallest absolute Gasteiger partial charge is 0.0708 e. The Morgan fingerprint density at radius 1 is 1.10 bits per heavy atom. The van der Waals surface area contributed by atoms with E-state index in [-0.39, 0.29) is 0 Å². The molecule has 0 spiro atoms. The van der Waals surface area contributed by atoms with Gasteiger partial charge in [0.15, 0.2) is 0 Å². The molecule has 0 bridgehead atoms. The molecule has 1 aliphatic heterocycles. The van der Waals surface area contributed by atoms with Crippen molar-refractivity contribution in [3.05, 3.63) is 72.4 Å². The highest BCUT2D eigenvalue weighted by Gasteiger charge is 2.12. The average molecular weight is 402 g/mol. The van der Waals surface area contributed by atoms with E-state index in [4.69, 9.17) is 4.98 Å². The van der Waals surface area contributed by atoms with Gasteiger partial charge < -0.3 is 0 Å². The molecule has 0 radical (unpaired) electrons. The molecule has 1 aromatic heterocycles. The van der Waals surface area contributed by atoms with E-state index >= 15 is 0 Å². The molecule has 0 unspecified atom stereocenters. The lowest BCUT2D eigenvalue weighted by atomic mass is 10.0. The Bertz CT molecular complexity index is 1060. The molecule has 0 amide bonds. The Balaban J connectivity index is 1.61. The number of aromatic nitrogens is 1. The van der Waals surface area contributed by atoms with Crippen molar-refractivity contribution in [3.63, 3.8) is 0 Å². The Kier molecular flexibility index (Phi) is 6.12. The van der Waals surface area contributed by atoms with E-state index in [1.165, 1.54) is 42.4 Å². The van der Waals surface area contributed by atoms with E-state index in [1.807, 2.05) is 20.2 Å². The van der Waals surface area contributed by atoms with E-state index in [0.29, 0.717) is 0 Å². The molecule has 1 aliphatic rings. The molecule has 2 heterocycles. The van der Waals surface area contributed by atoms with Crippen LogP contribution in [0.1, 0.15) is 30.9 Å². The van der Waals surface area contributed by atoms with E-state index in [0.717, 1.165) is 33.1 Å². The zero-order valence-electron chi connectivity index (χ0n) is 17.2. The molecule has 0 N–H and O–H groups in total. The van der Waals surface area contributed by atoms with Gasteiger partial charge in [0, 0.05) is 35.6 Å². The molecule has 4 rings (SSSR count). The molecule has 3 aromatic rings. The predicted octanol–water partition coefficient (Wildman–Crippen LogP) is 6.25. The van der Waals surface area contributed by atoms with Crippen molar-refractivity contribution in [2.24, 2.45) is 4.99 Å². The first-order valence-electron chi connectivity index (χ1n) is 10.1. The molecule has 148 valence electrons. The molecule has 0 aliphatic carbocycles. The summed E-state index contributed by atoms with van der Waals surface area (Å²) in [7, 11) is 1.81. The van der Waals surface area contributed by atoms with Crippen LogP contribution in [0.2, 0.25) is 0 Å². The van der Waals surface area contributed by atoms with Crippen molar-refractivity contribution >= 4 is 32.5 Å². The number of benzene rings is 2. The first-order chi connectivity index (χ1) is 14.1. The highest BCUT2D eigenvalue weighted by molar-refractivity contribution is 8.21. The molecule has 3 nitrogen and oxygen atoms in total. The van der Waals surface area contributed by atoms with Crippen LogP contribution in [-0.4, -0.2) is 35.1 Å². The Morgan fingerprint density at radius 2 is 1.93 bits per heavy atom. The van der Waals surface area contributed by atoms with Gasteiger partial charge in [0.2, 0.25) is 0 Å². The highest BCUT2D eigenvalue weighted by atomic mass is 32.2. The van der Waals surface area contributed by atoms with Crippen LogP contribution < -0.4 is 0 Å². The van der Waals surface area contributed by atoms with Gasteiger partial charge in [-0.25, -0.2) is 0 Å². The van der Waals surface area contributed by atoms with Gasteiger partial charge in [0.1, 0.15) is 0 Å². The SMILES string of the molecule is C=C(S/C(C)=N\C)c1ccc2cnc(-c3cccc(CN4CCCC4)c3)cc2c1. The zero-order chi connectivity index (χ0) is 20.2. The molecular formula is C25H27N3S. The summed E-state index contributed by atoms with van der Waals surface area (Å²) < 4.78 is 0. The van der Waals surface area contributed by atoms with Crippen LogP contribution in [0.15, 0.2) is 66.3 Å². The molecule has 29 heavy (non-hydrogen) atoms. The topological polar surface area (TPSA) is 28.5 Å². The lowest BCUT2D eigenvalue weighted by Gasteiger charge is -2.15. The summed E-state index contributed by atoms with van der Waals surface area (Å²) in [6, 6.07) is 17.4. The number of hydrogen-bond acceptors (Lipinski definition) is 4. The van der Waals surface area contributed by atoms with E-state index < -0.39 is 0 Å². The van der Waals surface area contributed by atoms with Crippen molar-refractivity contribution in [1.29, 1.82) is 0 Å². The largest absolute Gasteiger partial charge is 0.299 e. The maximum Gasteiger partial charge on any atom is 0.0708 e. The van der Waals surface area contributed by atoms with Gasteiger partial charge in [-0.2, -0.15) is 0 Å². The van der Waals surface area contributed by atoms with Crippen LogP contribution in [0, 0.1) is 0 Å². The van der Waals surface area contributed by atoms with Crippen LogP contribution >= 0.6 is 11.8 Å². The first kappa shape index (κ1) is 19.9. The summed E-state index contributed by atoms with van der Waals surface area (Å²) in [6.45, 7) is 9.69. The van der Waals surface area contributed by atoms with E-state index in [1.54, 1.807) is 11.8 Å². The number of rotatable bonds is 5. The fourth-order valence-electron chi connectivity index (χ4n) is 3.78. The standard InChI is InChI=1S/C25H27N3S/c1-18(29-19(2)26-3)21-9-10-23-16-27-25(15-24(23)14-21)22-8-6-7-20(13-22)17-28-11-4-5-12-28/h6-10,13-16H,1,4-5,11-12,17H2,2-3H3/b26-19-. The second-order valence-electron chi connectivity index (χ2n) is 7.58. The Morgan fingerprint density at radius 3 is 2.72 bits per heavy atom. The van der Waals surface area contributed by atoms with Crippen LogP contribution in [0.5, 0.6) is 0 Å². The van der Waals surface area contributed by atoms with Crippen molar-refractivity contribution in [2.45, 2.75) is 26.3 Å². The lowest BCUT2D eigenvalue weighted by Crippen LogP contribution is -2.18. The van der Waals surface area contributed by atoms with Gasteiger partial charge in [0.05, 0.1) is 10.7 Å². The first-order valence-corrected chi connectivity index (χ1v) is 11.0.